The van der Waals surface area contributed by atoms with E-state index >= 15 is 0 Å². The maximum atomic E-state index is 5.60. The van der Waals surface area contributed by atoms with Crippen molar-refractivity contribution in [3.63, 3.8) is 0 Å². The van der Waals surface area contributed by atoms with E-state index in [2.05, 4.69) is 61.1 Å². The largest absolute Gasteiger partial charge is 0.496 e. The van der Waals surface area contributed by atoms with Crippen molar-refractivity contribution in [1.29, 1.82) is 0 Å². The summed E-state index contributed by atoms with van der Waals surface area (Å²) in [5.74, 6) is 0.966. The van der Waals surface area contributed by atoms with Gasteiger partial charge in [0.15, 0.2) is 0 Å². The highest BCUT2D eigenvalue weighted by Crippen LogP contribution is 2.35. The van der Waals surface area contributed by atoms with Gasteiger partial charge in [0.05, 0.1) is 7.11 Å². The number of ether oxygens (including phenoxy) is 1. The summed E-state index contributed by atoms with van der Waals surface area (Å²) in [5, 5.41) is 3.35. The van der Waals surface area contributed by atoms with Crippen LogP contribution in [0.1, 0.15) is 32.4 Å². The van der Waals surface area contributed by atoms with Crippen molar-refractivity contribution in [2.45, 2.75) is 38.9 Å². The number of methoxy groups -OCH3 is 1. The van der Waals surface area contributed by atoms with Gasteiger partial charge < -0.3 is 15.0 Å². The van der Waals surface area contributed by atoms with Crippen LogP contribution in [0.15, 0.2) is 18.2 Å². The van der Waals surface area contributed by atoms with Gasteiger partial charge in [0.1, 0.15) is 5.75 Å². The molecule has 1 aromatic rings. The van der Waals surface area contributed by atoms with Crippen LogP contribution in [0.5, 0.6) is 5.75 Å². The Morgan fingerprint density at radius 2 is 1.86 bits per heavy atom. The summed E-state index contributed by atoms with van der Waals surface area (Å²) in [4.78, 5) is 4.96. The third-order valence-corrected chi connectivity index (χ3v) is 4.83. The molecular weight excluding hydrogens is 262 g/mol. The van der Waals surface area contributed by atoms with Crippen LogP contribution < -0.4 is 15.0 Å². The molecule has 4 heteroatoms. The van der Waals surface area contributed by atoms with Crippen molar-refractivity contribution in [3.05, 3.63) is 23.8 Å². The van der Waals surface area contributed by atoms with Gasteiger partial charge in [-0.05, 0) is 47.0 Å². The number of benzene rings is 1. The molecule has 118 valence electrons. The third kappa shape index (κ3) is 3.16. The van der Waals surface area contributed by atoms with Crippen LogP contribution in [0.3, 0.4) is 0 Å². The Kier molecular flexibility index (Phi) is 5.12. The molecule has 0 radical (unpaired) electrons. The van der Waals surface area contributed by atoms with Crippen LogP contribution in [0, 0.1) is 0 Å². The molecule has 1 heterocycles. The minimum Gasteiger partial charge on any atom is -0.496 e. The van der Waals surface area contributed by atoms with Gasteiger partial charge in [-0.3, -0.25) is 4.90 Å². The topological polar surface area (TPSA) is 27.7 Å². The molecule has 1 fully saturated rings. The summed E-state index contributed by atoms with van der Waals surface area (Å²) in [6, 6.07) is 7.73. The van der Waals surface area contributed by atoms with Gasteiger partial charge in [-0.1, -0.05) is 6.07 Å². The van der Waals surface area contributed by atoms with Gasteiger partial charge in [0.2, 0.25) is 0 Å². The Bertz CT molecular complexity index is 465. The van der Waals surface area contributed by atoms with Gasteiger partial charge in [-0.25, -0.2) is 0 Å². The number of nitrogens with one attached hydrogen (secondary N) is 1. The van der Waals surface area contributed by atoms with Gasteiger partial charge in [0.25, 0.3) is 0 Å². The Hall–Kier alpha value is -1.26. The Balaban J connectivity index is 2.39. The van der Waals surface area contributed by atoms with E-state index in [1.54, 1.807) is 7.11 Å². The van der Waals surface area contributed by atoms with E-state index in [-0.39, 0.29) is 6.04 Å². The molecule has 1 aromatic carbocycles. The maximum absolute atomic E-state index is 5.60. The SMILES string of the molecule is CNC(C)c1c(OC)cccc1N1CC(C)N(C)C(C)C1. The lowest BCUT2D eigenvalue weighted by Crippen LogP contribution is -2.55. The zero-order chi connectivity index (χ0) is 15.6. The van der Waals surface area contributed by atoms with Crippen molar-refractivity contribution in [1.82, 2.24) is 10.2 Å². The molecule has 1 saturated heterocycles. The molecular formula is C17H29N3O. The minimum absolute atomic E-state index is 0.265. The molecule has 1 aliphatic rings. The van der Waals surface area contributed by atoms with Crippen LogP contribution in [0.25, 0.3) is 0 Å². The fourth-order valence-corrected chi connectivity index (χ4v) is 3.17. The van der Waals surface area contributed by atoms with Crippen molar-refractivity contribution < 1.29 is 4.74 Å². The molecule has 0 saturated carbocycles. The normalized spacial score (nSPS) is 25.0. The second kappa shape index (κ2) is 6.67. The predicted octanol–water partition coefficient (Wildman–Crippen LogP) is 2.50. The first-order valence-corrected chi connectivity index (χ1v) is 7.80. The van der Waals surface area contributed by atoms with Crippen LogP contribution in [0.2, 0.25) is 0 Å². The minimum atomic E-state index is 0.265. The van der Waals surface area contributed by atoms with E-state index in [9.17, 15) is 0 Å². The van der Waals surface area contributed by atoms with Crippen LogP contribution in [-0.2, 0) is 0 Å². The number of piperazine rings is 1. The molecule has 0 spiro atoms. The highest BCUT2D eigenvalue weighted by atomic mass is 16.5. The Morgan fingerprint density at radius 1 is 1.24 bits per heavy atom. The average Bonchev–Trinajstić information content (AvgIpc) is 2.50. The van der Waals surface area contributed by atoms with Crippen molar-refractivity contribution >= 4 is 5.69 Å². The Labute approximate surface area is 129 Å². The average molecular weight is 291 g/mol. The number of hydrogen-bond acceptors (Lipinski definition) is 4. The summed E-state index contributed by atoms with van der Waals surface area (Å²) in [5.41, 5.74) is 2.55. The summed E-state index contributed by atoms with van der Waals surface area (Å²) < 4.78 is 5.60. The lowest BCUT2D eigenvalue weighted by Gasteiger charge is -2.44. The lowest BCUT2D eigenvalue weighted by atomic mass is 10.0. The van der Waals surface area contributed by atoms with Crippen molar-refractivity contribution in [2.24, 2.45) is 0 Å². The molecule has 3 atom stereocenters. The van der Waals surface area contributed by atoms with Crippen LogP contribution >= 0.6 is 0 Å². The molecule has 0 bridgehead atoms. The molecule has 0 aliphatic carbocycles. The maximum Gasteiger partial charge on any atom is 0.125 e. The third-order valence-electron chi connectivity index (χ3n) is 4.83. The fourth-order valence-electron chi connectivity index (χ4n) is 3.17. The van der Waals surface area contributed by atoms with Crippen LogP contribution in [0.4, 0.5) is 5.69 Å². The molecule has 4 nitrogen and oxygen atoms in total. The van der Waals surface area contributed by atoms with Crippen molar-refractivity contribution in [2.75, 3.05) is 39.2 Å². The smallest absolute Gasteiger partial charge is 0.125 e. The monoisotopic (exact) mass is 291 g/mol. The first kappa shape index (κ1) is 16.1. The summed E-state index contributed by atoms with van der Waals surface area (Å²) >= 11 is 0. The summed E-state index contributed by atoms with van der Waals surface area (Å²) in [6.07, 6.45) is 0. The molecule has 2 rings (SSSR count). The quantitative estimate of drug-likeness (QED) is 0.922. The standard InChI is InChI=1S/C17H29N3O/c1-12-10-20(11-13(2)19(12)5)15-8-7-9-16(21-6)17(15)14(3)18-4/h7-9,12-14,18H,10-11H2,1-6H3. The van der Waals surface area contributed by atoms with E-state index in [4.69, 9.17) is 4.74 Å². The Morgan fingerprint density at radius 3 is 2.38 bits per heavy atom. The first-order valence-electron chi connectivity index (χ1n) is 7.80. The predicted molar refractivity (Wildman–Crippen MR) is 89.4 cm³/mol. The van der Waals surface area contributed by atoms with Gasteiger partial charge in [0, 0.05) is 42.5 Å². The highest BCUT2D eigenvalue weighted by molar-refractivity contribution is 5.61. The van der Waals surface area contributed by atoms with Gasteiger partial charge in [-0.15, -0.1) is 0 Å². The zero-order valence-electron chi connectivity index (χ0n) is 14.2. The number of anilines is 1. The molecule has 1 N–H and O–H groups in total. The van der Waals surface area contributed by atoms with Crippen LogP contribution in [-0.4, -0.2) is 51.3 Å². The molecule has 0 aromatic heterocycles. The second-order valence-electron chi connectivity index (χ2n) is 6.17. The fraction of sp³-hybridized carbons (Fsp3) is 0.647. The number of rotatable bonds is 4. The number of likely N-dealkylation sites (N-methyl/N-ethyl adjacent to an activating group) is 1. The molecule has 3 unspecified atom stereocenters. The highest BCUT2D eigenvalue weighted by Gasteiger charge is 2.29. The van der Waals surface area contributed by atoms with E-state index in [0.29, 0.717) is 12.1 Å². The number of hydrogen-bond donors (Lipinski definition) is 1. The van der Waals surface area contributed by atoms with Gasteiger partial charge in [-0.2, -0.15) is 0 Å². The van der Waals surface area contributed by atoms with Crippen molar-refractivity contribution in [3.8, 4) is 5.75 Å². The van der Waals surface area contributed by atoms with Gasteiger partial charge >= 0.3 is 0 Å². The first-order chi connectivity index (χ1) is 9.99. The molecule has 1 aliphatic heterocycles. The molecule has 0 amide bonds. The number of nitrogens with zero attached hydrogens (tertiary/aromatic N) is 2. The zero-order valence-corrected chi connectivity index (χ0v) is 14.2. The second-order valence-corrected chi connectivity index (χ2v) is 6.17. The van der Waals surface area contributed by atoms with E-state index in [1.165, 1.54) is 11.3 Å². The lowest BCUT2D eigenvalue weighted by molar-refractivity contribution is 0.170. The summed E-state index contributed by atoms with van der Waals surface area (Å²) in [6.45, 7) is 8.88. The van der Waals surface area contributed by atoms with E-state index in [0.717, 1.165) is 18.8 Å². The molecule has 21 heavy (non-hydrogen) atoms. The summed E-state index contributed by atoms with van der Waals surface area (Å²) in [7, 11) is 5.96. The van der Waals surface area contributed by atoms with E-state index in [1.807, 2.05) is 7.05 Å². The van der Waals surface area contributed by atoms with E-state index < -0.39 is 0 Å².